The highest BCUT2D eigenvalue weighted by Crippen LogP contribution is 2.22. The van der Waals surface area contributed by atoms with Crippen LogP contribution in [-0.2, 0) is 17.8 Å². The monoisotopic (exact) mass is 349 g/mol. The summed E-state index contributed by atoms with van der Waals surface area (Å²) in [7, 11) is 0. The number of rotatable bonds is 6. The number of hydrogen-bond acceptors (Lipinski definition) is 4. The van der Waals surface area contributed by atoms with Gasteiger partial charge in [0.1, 0.15) is 5.82 Å². The number of amides is 1. The van der Waals surface area contributed by atoms with Crippen molar-refractivity contribution in [2.24, 2.45) is 0 Å². The van der Waals surface area contributed by atoms with E-state index in [1.165, 1.54) is 6.08 Å². The maximum Gasteiger partial charge on any atom is 0.267 e. The number of hydroxylamine groups is 1. The summed E-state index contributed by atoms with van der Waals surface area (Å²) in [6, 6.07) is 17.4. The second-order valence-corrected chi connectivity index (χ2v) is 5.76. The van der Waals surface area contributed by atoms with Gasteiger partial charge in [-0.3, -0.25) is 10.0 Å². The molecule has 1 amide bonds. The lowest BCUT2D eigenvalue weighted by Gasteiger charge is -2.00. The number of H-pyrrole nitrogens is 1. The minimum atomic E-state index is -0.574. The minimum Gasteiger partial charge on any atom is -0.390 e. The maximum absolute atomic E-state index is 11.0. The molecular formula is C20H19N3O3. The van der Waals surface area contributed by atoms with E-state index >= 15 is 0 Å². The Morgan fingerprint density at radius 2 is 1.85 bits per heavy atom. The van der Waals surface area contributed by atoms with E-state index in [2.05, 4.69) is 9.97 Å². The molecule has 26 heavy (non-hydrogen) atoms. The first kappa shape index (κ1) is 17.6. The van der Waals surface area contributed by atoms with Gasteiger partial charge in [0.25, 0.3) is 5.91 Å². The lowest BCUT2D eigenvalue weighted by atomic mass is 10.1. The average molecular weight is 349 g/mol. The van der Waals surface area contributed by atoms with Crippen LogP contribution in [0.3, 0.4) is 0 Å². The van der Waals surface area contributed by atoms with Gasteiger partial charge < -0.3 is 10.1 Å². The van der Waals surface area contributed by atoms with E-state index in [0.717, 1.165) is 28.2 Å². The van der Waals surface area contributed by atoms with E-state index in [0.29, 0.717) is 12.1 Å². The molecule has 0 atom stereocenters. The third-order valence-corrected chi connectivity index (χ3v) is 3.92. The summed E-state index contributed by atoms with van der Waals surface area (Å²) in [5.41, 5.74) is 5.86. The molecule has 0 unspecified atom stereocenters. The van der Waals surface area contributed by atoms with Crippen molar-refractivity contribution in [1.82, 2.24) is 15.4 Å². The maximum atomic E-state index is 11.0. The molecule has 0 aliphatic heterocycles. The van der Waals surface area contributed by atoms with Crippen LogP contribution < -0.4 is 5.48 Å². The number of aromatic nitrogens is 2. The summed E-state index contributed by atoms with van der Waals surface area (Å²) in [6.07, 6.45) is 3.46. The summed E-state index contributed by atoms with van der Waals surface area (Å²) in [5.74, 6) is 0.200. The second kappa shape index (κ2) is 8.24. The first-order valence-corrected chi connectivity index (χ1v) is 8.14. The van der Waals surface area contributed by atoms with Crippen LogP contribution in [0.25, 0.3) is 17.3 Å². The Morgan fingerprint density at radius 3 is 2.50 bits per heavy atom. The van der Waals surface area contributed by atoms with Gasteiger partial charge in [-0.25, -0.2) is 10.5 Å². The zero-order valence-corrected chi connectivity index (χ0v) is 14.0. The molecule has 2 aromatic carbocycles. The lowest BCUT2D eigenvalue weighted by molar-refractivity contribution is -0.124. The molecule has 3 rings (SSSR count). The highest BCUT2D eigenvalue weighted by atomic mass is 16.5. The molecule has 6 heteroatoms. The van der Waals surface area contributed by atoms with E-state index in [-0.39, 0.29) is 6.61 Å². The van der Waals surface area contributed by atoms with Gasteiger partial charge in [0, 0.05) is 18.1 Å². The van der Waals surface area contributed by atoms with Crippen LogP contribution >= 0.6 is 0 Å². The predicted octanol–water partition coefficient (Wildman–Crippen LogP) is 2.68. The first-order valence-electron chi connectivity index (χ1n) is 8.14. The summed E-state index contributed by atoms with van der Waals surface area (Å²) in [4.78, 5) is 18.8. The molecule has 0 radical (unpaired) electrons. The number of carbonyl (C=O) groups is 1. The van der Waals surface area contributed by atoms with E-state index in [9.17, 15) is 9.90 Å². The number of hydrogen-bond donors (Lipinski definition) is 4. The quantitative estimate of drug-likeness (QED) is 0.312. The number of imidazole rings is 1. The highest BCUT2D eigenvalue weighted by molar-refractivity contribution is 5.90. The number of aliphatic hydroxyl groups excluding tert-OH is 1. The van der Waals surface area contributed by atoms with Gasteiger partial charge in [-0.1, -0.05) is 54.6 Å². The van der Waals surface area contributed by atoms with Gasteiger partial charge in [0.2, 0.25) is 0 Å². The van der Waals surface area contributed by atoms with Crippen LogP contribution in [-0.4, -0.2) is 26.2 Å². The topological polar surface area (TPSA) is 98.2 Å². The fourth-order valence-corrected chi connectivity index (χ4v) is 2.65. The van der Waals surface area contributed by atoms with Crippen LogP contribution in [0.5, 0.6) is 0 Å². The highest BCUT2D eigenvalue weighted by Gasteiger charge is 2.11. The molecule has 132 valence electrons. The van der Waals surface area contributed by atoms with E-state index in [4.69, 9.17) is 5.21 Å². The minimum absolute atomic E-state index is 0.103. The number of aliphatic hydroxyl groups is 1. The Kier molecular flexibility index (Phi) is 5.58. The summed E-state index contributed by atoms with van der Waals surface area (Å²) >= 11 is 0. The summed E-state index contributed by atoms with van der Waals surface area (Å²) in [5, 5.41) is 18.1. The molecule has 1 heterocycles. The molecule has 6 nitrogen and oxygen atoms in total. The lowest BCUT2D eigenvalue weighted by Crippen LogP contribution is -2.14. The fraction of sp³-hybridized carbons (Fsp3) is 0.100. The van der Waals surface area contributed by atoms with Gasteiger partial charge in [-0.15, -0.1) is 0 Å². The molecule has 0 spiro atoms. The zero-order valence-electron chi connectivity index (χ0n) is 14.0. The number of nitrogens with zero attached hydrogens (tertiary/aromatic N) is 1. The smallest absolute Gasteiger partial charge is 0.267 e. The van der Waals surface area contributed by atoms with Gasteiger partial charge in [0.05, 0.1) is 18.0 Å². The van der Waals surface area contributed by atoms with Crippen molar-refractivity contribution in [3.05, 3.63) is 83.3 Å². The van der Waals surface area contributed by atoms with Gasteiger partial charge >= 0.3 is 0 Å². The Bertz CT molecular complexity index is 900. The van der Waals surface area contributed by atoms with Gasteiger partial charge in [-0.05, 0) is 17.2 Å². The molecule has 0 aliphatic rings. The molecule has 0 bridgehead atoms. The molecule has 1 aromatic heterocycles. The normalized spacial score (nSPS) is 11.0. The number of carbonyl (C=O) groups excluding carboxylic acids is 1. The Hall–Kier alpha value is -3.22. The van der Waals surface area contributed by atoms with Crippen LogP contribution in [0.15, 0.2) is 60.7 Å². The summed E-state index contributed by atoms with van der Waals surface area (Å²) < 4.78 is 0. The number of benzene rings is 2. The van der Waals surface area contributed by atoms with Gasteiger partial charge in [-0.2, -0.15) is 0 Å². The number of nitrogens with one attached hydrogen (secondary N) is 2. The third kappa shape index (κ3) is 4.24. The van der Waals surface area contributed by atoms with Crippen molar-refractivity contribution >= 4 is 12.0 Å². The summed E-state index contributed by atoms with van der Waals surface area (Å²) in [6.45, 7) is -0.103. The molecule has 0 fully saturated rings. The van der Waals surface area contributed by atoms with Gasteiger partial charge in [0.15, 0.2) is 0 Å². The van der Waals surface area contributed by atoms with Crippen molar-refractivity contribution < 1.29 is 15.1 Å². The molecule has 0 saturated carbocycles. The SMILES string of the molecule is O=C(/C=C/c1ccc(Cc2nc(-c3ccccc3)c(CO)[nH]2)cc1)NO. The largest absolute Gasteiger partial charge is 0.390 e. The molecule has 0 saturated heterocycles. The van der Waals surface area contributed by atoms with Crippen LogP contribution in [0.1, 0.15) is 22.6 Å². The van der Waals surface area contributed by atoms with Crippen molar-refractivity contribution in [3.8, 4) is 11.3 Å². The third-order valence-electron chi connectivity index (χ3n) is 3.92. The molecule has 4 N–H and O–H groups in total. The first-order chi connectivity index (χ1) is 12.7. The van der Waals surface area contributed by atoms with Crippen LogP contribution in [0.4, 0.5) is 0 Å². The van der Waals surface area contributed by atoms with Crippen LogP contribution in [0.2, 0.25) is 0 Å². The average Bonchev–Trinajstić information content (AvgIpc) is 3.10. The van der Waals surface area contributed by atoms with E-state index in [1.807, 2.05) is 54.6 Å². The Morgan fingerprint density at radius 1 is 1.12 bits per heavy atom. The Labute approximate surface area is 150 Å². The van der Waals surface area contributed by atoms with Crippen LogP contribution in [0, 0.1) is 0 Å². The standard InChI is InChI=1S/C20H19N3O3/c24-13-17-20(16-4-2-1-3-5-16)22-18(21-17)12-15-8-6-14(7-9-15)10-11-19(25)23-26/h1-11,24,26H,12-13H2,(H,21,22)(H,23,25)/b11-10+. The van der Waals surface area contributed by atoms with E-state index < -0.39 is 5.91 Å². The second-order valence-electron chi connectivity index (χ2n) is 5.76. The van der Waals surface area contributed by atoms with Crippen molar-refractivity contribution in [3.63, 3.8) is 0 Å². The molecule has 0 aliphatic carbocycles. The molecular weight excluding hydrogens is 330 g/mol. The van der Waals surface area contributed by atoms with Crippen molar-refractivity contribution in [1.29, 1.82) is 0 Å². The predicted molar refractivity (Wildman–Crippen MR) is 98.2 cm³/mol. The van der Waals surface area contributed by atoms with Crippen molar-refractivity contribution in [2.75, 3.05) is 0 Å². The zero-order chi connectivity index (χ0) is 18.4. The van der Waals surface area contributed by atoms with E-state index in [1.54, 1.807) is 11.6 Å². The molecule has 3 aromatic rings. The van der Waals surface area contributed by atoms with Crippen molar-refractivity contribution in [2.45, 2.75) is 13.0 Å². The fourth-order valence-electron chi connectivity index (χ4n) is 2.65. The number of aromatic amines is 1. The Balaban J connectivity index is 1.76.